The van der Waals surface area contributed by atoms with E-state index in [1.807, 2.05) is 13.8 Å². The maximum Gasteiger partial charge on any atom is 0.307 e. The van der Waals surface area contributed by atoms with E-state index in [1.54, 1.807) is 18.7 Å². The van der Waals surface area contributed by atoms with Gasteiger partial charge in [-0.05, 0) is 13.8 Å². The quantitative estimate of drug-likeness (QED) is 0.653. The molecule has 0 aromatic rings. The molecule has 0 aliphatic rings. The van der Waals surface area contributed by atoms with Gasteiger partial charge in [-0.15, -0.1) is 0 Å². The number of aliphatic carboxylic acids is 1. The van der Waals surface area contributed by atoms with Crippen molar-refractivity contribution >= 4 is 11.9 Å². The third kappa shape index (κ3) is 5.17. The van der Waals surface area contributed by atoms with E-state index in [2.05, 4.69) is 0 Å². The Hall–Kier alpha value is -1.10. The number of carboxylic acids is 1. The molecule has 0 aliphatic heterocycles. The molecule has 1 N–H and O–H groups in total. The normalized spacial score (nSPS) is 14.1. The lowest BCUT2D eigenvalue weighted by molar-refractivity contribution is -0.149. The van der Waals surface area contributed by atoms with Gasteiger partial charge in [0, 0.05) is 25.6 Å². The van der Waals surface area contributed by atoms with Crippen molar-refractivity contribution in [1.82, 2.24) is 4.90 Å². The van der Waals surface area contributed by atoms with Crippen LogP contribution in [0.3, 0.4) is 0 Å². The molecule has 5 heteroatoms. The van der Waals surface area contributed by atoms with Crippen molar-refractivity contribution in [1.29, 1.82) is 0 Å². The van der Waals surface area contributed by atoms with Crippen LogP contribution in [0.15, 0.2) is 0 Å². The zero-order valence-electron chi connectivity index (χ0n) is 11.1. The standard InChI is InChI=1S/C12H23NO4/c1-5-13(7-8-17-6-2)11(14)9(3)10(4)12(15)16/h9-10H,5-8H2,1-4H3,(H,15,16). The summed E-state index contributed by atoms with van der Waals surface area (Å²) in [7, 11) is 0. The molecule has 0 bridgehead atoms. The SMILES string of the molecule is CCOCCN(CC)C(=O)C(C)C(C)C(=O)O. The van der Waals surface area contributed by atoms with E-state index in [-0.39, 0.29) is 5.91 Å². The van der Waals surface area contributed by atoms with Crippen LogP contribution in [0.25, 0.3) is 0 Å². The topological polar surface area (TPSA) is 66.8 Å². The van der Waals surface area contributed by atoms with Crippen molar-refractivity contribution < 1.29 is 19.4 Å². The maximum absolute atomic E-state index is 12.0. The van der Waals surface area contributed by atoms with Crippen molar-refractivity contribution in [2.24, 2.45) is 11.8 Å². The van der Waals surface area contributed by atoms with E-state index >= 15 is 0 Å². The Morgan fingerprint density at radius 2 is 1.82 bits per heavy atom. The van der Waals surface area contributed by atoms with Gasteiger partial charge in [0.1, 0.15) is 0 Å². The Bertz CT molecular complexity index is 255. The van der Waals surface area contributed by atoms with E-state index in [4.69, 9.17) is 9.84 Å². The number of nitrogens with zero attached hydrogens (tertiary/aromatic N) is 1. The summed E-state index contributed by atoms with van der Waals surface area (Å²) >= 11 is 0. The van der Waals surface area contributed by atoms with Gasteiger partial charge in [0.25, 0.3) is 0 Å². The summed E-state index contributed by atoms with van der Waals surface area (Å²) in [6, 6.07) is 0. The maximum atomic E-state index is 12.0. The molecule has 1 amide bonds. The first-order valence-corrected chi connectivity index (χ1v) is 6.04. The van der Waals surface area contributed by atoms with Crippen LogP contribution < -0.4 is 0 Å². The summed E-state index contributed by atoms with van der Waals surface area (Å²) in [6.45, 7) is 9.18. The number of carbonyl (C=O) groups is 2. The number of carbonyl (C=O) groups excluding carboxylic acids is 1. The molecule has 0 radical (unpaired) electrons. The Labute approximate surface area is 103 Å². The third-order valence-corrected chi connectivity index (χ3v) is 2.93. The lowest BCUT2D eigenvalue weighted by Crippen LogP contribution is -2.40. The molecule has 5 nitrogen and oxygen atoms in total. The Morgan fingerprint density at radius 1 is 1.24 bits per heavy atom. The highest BCUT2D eigenvalue weighted by molar-refractivity contribution is 5.84. The van der Waals surface area contributed by atoms with Gasteiger partial charge in [-0.1, -0.05) is 13.8 Å². The van der Waals surface area contributed by atoms with Gasteiger partial charge in [-0.2, -0.15) is 0 Å². The second-order valence-corrected chi connectivity index (χ2v) is 4.03. The molecule has 0 aromatic heterocycles. The van der Waals surface area contributed by atoms with Gasteiger partial charge < -0.3 is 14.7 Å². The molecular formula is C12H23NO4. The molecule has 0 saturated carbocycles. The van der Waals surface area contributed by atoms with E-state index in [0.717, 1.165) is 0 Å². The molecule has 0 rings (SSSR count). The van der Waals surface area contributed by atoms with Crippen LogP contribution >= 0.6 is 0 Å². The number of likely N-dealkylation sites (N-methyl/N-ethyl adjacent to an activating group) is 1. The first-order valence-electron chi connectivity index (χ1n) is 6.04. The largest absolute Gasteiger partial charge is 0.481 e. The lowest BCUT2D eigenvalue weighted by atomic mass is 9.95. The van der Waals surface area contributed by atoms with Crippen LogP contribution in [0.1, 0.15) is 27.7 Å². The predicted molar refractivity (Wildman–Crippen MR) is 64.7 cm³/mol. The summed E-state index contributed by atoms with van der Waals surface area (Å²) in [5.41, 5.74) is 0. The fourth-order valence-electron chi connectivity index (χ4n) is 1.46. The lowest BCUT2D eigenvalue weighted by Gasteiger charge is -2.26. The molecule has 0 fully saturated rings. The van der Waals surface area contributed by atoms with E-state index in [0.29, 0.717) is 26.3 Å². The molecule has 0 aliphatic carbocycles. The van der Waals surface area contributed by atoms with Gasteiger partial charge in [0.2, 0.25) is 5.91 Å². The van der Waals surface area contributed by atoms with Crippen LogP contribution in [-0.4, -0.2) is 48.2 Å². The van der Waals surface area contributed by atoms with Crippen molar-refractivity contribution in [3.05, 3.63) is 0 Å². The van der Waals surface area contributed by atoms with Gasteiger partial charge >= 0.3 is 5.97 Å². The number of hydrogen-bond donors (Lipinski definition) is 1. The number of ether oxygens (including phenoxy) is 1. The predicted octanol–water partition coefficient (Wildman–Crippen LogP) is 1.23. The second kappa shape index (κ2) is 8.06. The van der Waals surface area contributed by atoms with Crippen LogP contribution in [0, 0.1) is 11.8 Å². The van der Waals surface area contributed by atoms with Crippen molar-refractivity contribution in [3.8, 4) is 0 Å². The molecule has 2 atom stereocenters. The van der Waals surface area contributed by atoms with Gasteiger partial charge in [-0.25, -0.2) is 0 Å². The summed E-state index contributed by atoms with van der Waals surface area (Å²) < 4.78 is 5.19. The summed E-state index contributed by atoms with van der Waals surface area (Å²) in [5.74, 6) is -2.23. The Morgan fingerprint density at radius 3 is 2.24 bits per heavy atom. The fraction of sp³-hybridized carbons (Fsp3) is 0.833. The average Bonchev–Trinajstić information content (AvgIpc) is 2.32. The highest BCUT2D eigenvalue weighted by atomic mass is 16.5. The molecular weight excluding hydrogens is 222 g/mol. The monoisotopic (exact) mass is 245 g/mol. The zero-order chi connectivity index (χ0) is 13.4. The van der Waals surface area contributed by atoms with Crippen LogP contribution in [-0.2, 0) is 14.3 Å². The van der Waals surface area contributed by atoms with Crippen molar-refractivity contribution in [2.45, 2.75) is 27.7 Å². The Kier molecular flexibility index (Phi) is 7.54. The summed E-state index contributed by atoms with van der Waals surface area (Å²) in [4.78, 5) is 24.5. The highest BCUT2D eigenvalue weighted by Gasteiger charge is 2.28. The summed E-state index contributed by atoms with van der Waals surface area (Å²) in [5, 5.41) is 8.87. The number of rotatable bonds is 8. The zero-order valence-corrected chi connectivity index (χ0v) is 11.1. The van der Waals surface area contributed by atoms with Crippen molar-refractivity contribution in [3.63, 3.8) is 0 Å². The number of amides is 1. The highest BCUT2D eigenvalue weighted by Crippen LogP contribution is 2.14. The molecule has 17 heavy (non-hydrogen) atoms. The second-order valence-electron chi connectivity index (χ2n) is 4.03. The Balaban J connectivity index is 4.36. The van der Waals surface area contributed by atoms with E-state index in [1.165, 1.54) is 0 Å². The fourth-order valence-corrected chi connectivity index (χ4v) is 1.46. The molecule has 0 aromatic carbocycles. The molecule has 100 valence electrons. The minimum Gasteiger partial charge on any atom is -0.481 e. The summed E-state index contributed by atoms with van der Waals surface area (Å²) in [6.07, 6.45) is 0. The first-order chi connectivity index (χ1) is 7.95. The van der Waals surface area contributed by atoms with Gasteiger partial charge in [0.15, 0.2) is 0 Å². The minimum atomic E-state index is -0.938. The average molecular weight is 245 g/mol. The third-order valence-electron chi connectivity index (χ3n) is 2.93. The number of hydrogen-bond acceptors (Lipinski definition) is 3. The van der Waals surface area contributed by atoms with Gasteiger partial charge in [0.05, 0.1) is 12.5 Å². The smallest absolute Gasteiger partial charge is 0.307 e. The first kappa shape index (κ1) is 15.9. The molecule has 0 spiro atoms. The molecule has 2 unspecified atom stereocenters. The van der Waals surface area contributed by atoms with Crippen LogP contribution in [0.4, 0.5) is 0 Å². The molecule has 0 saturated heterocycles. The van der Waals surface area contributed by atoms with Crippen LogP contribution in [0.5, 0.6) is 0 Å². The van der Waals surface area contributed by atoms with Gasteiger partial charge in [-0.3, -0.25) is 9.59 Å². The van der Waals surface area contributed by atoms with E-state index in [9.17, 15) is 9.59 Å². The minimum absolute atomic E-state index is 0.123. The van der Waals surface area contributed by atoms with Crippen LogP contribution in [0.2, 0.25) is 0 Å². The van der Waals surface area contributed by atoms with E-state index < -0.39 is 17.8 Å². The van der Waals surface area contributed by atoms with Crippen molar-refractivity contribution in [2.75, 3.05) is 26.3 Å². The number of carboxylic acid groups (broad SMARTS) is 1. The molecule has 0 heterocycles.